The molecular formula is C26H34N4O2. The minimum absolute atomic E-state index is 0.0986. The normalized spacial score (nSPS) is 28.0. The van der Waals surface area contributed by atoms with Gasteiger partial charge in [0, 0.05) is 43.7 Å². The first kappa shape index (κ1) is 21.2. The maximum atomic E-state index is 13.0. The van der Waals surface area contributed by atoms with Gasteiger partial charge in [-0.3, -0.25) is 9.59 Å². The van der Waals surface area contributed by atoms with Crippen LogP contribution in [0.3, 0.4) is 0 Å². The van der Waals surface area contributed by atoms with E-state index in [9.17, 15) is 9.59 Å². The fourth-order valence-corrected chi connectivity index (χ4v) is 6.73. The zero-order chi connectivity index (χ0) is 22.1. The summed E-state index contributed by atoms with van der Waals surface area (Å²) in [6.45, 7) is 1.12. The molecule has 4 saturated carbocycles. The quantitative estimate of drug-likeness (QED) is 0.640. The highest BCUT2D eigenvalue weighted by Crippen LogP contribution is 2.60. The molecular weight excluding hydrogens is 400 g/mol. The van der Waals surface area contributed by atoms with Gasteiger partial charge in [0.25, 0.3) is 0 Å². The molecule has 1 heterocycles. The van der Waals surface area contributed by atoms with E-state index in [0.29, 0.717) is 25.9 Å². The minimum Gasteiger partial charge on any atom is -0.356 e. The number of aromatic nitrogens is 2. The Morgan fingerprint density at radius 2 is 1.75 bits per heavy atom. The maximum Gasteiger partial charge on any atom is 0.226 e. The molecule has 6 nitrogen and oxygen atoms in total. The van der Waals surface area contributed by atoms with Gasteiger partial charge in [0.15, 0.2) is 0 Å². The minimum atomic E-state index is -0.103. The predicted molar refractivity (Wildman–Crippen MR) is 123 cm³/mol. The van der Waals surface area contributed by atoms with Gasteiger partial charge in [-0.25, -0.2) is 4.68 Å². The van der Waals surface area contributed by atoms with Crippen LogP contribution in [0, 0.1) is 23.2 Å². The highest BCUT2D eigenvalue weighted by atomic mass is 16.2. The highest BCUT2D eigenvalue weighted by molar-refractivity contribution is 5.83. The summed E-state index contributed by atoms with van der Waals surface area (Å²) in [6, 6.07) is 9.95. The molecule has 4 bridgehead atoms. The van der Waals surface area contributed by atoms with Crippen LogP contribution in [-0.4, -0.2) is 40.1 Å². The van der Waals surface area contributed by atoms with Crippen molar-refractivity contribution in [2.24, 2.45) is 23.2 Å². The topological polar surface area (TPSA) is 67.2 Å². The molecule has 6 heteroatoms. The third-order valence-corrected chi connectivity index (χ3v) is 7.88. The first-order valence-corrected chi connectivity index (χ1v) is 12.1. The summed E-state index contributed by atoms with van der Waals surface area (Å²) in [7, 11) is 1.83. The van der Waals surface area contributed by atoms with Crippen molar-refractivity contribution in [3.05, 3.63) is 48.3 Å². The van der Waals surface area contributed by atoms with Crippen molar-refractivity contribution < 1.29 is 9.59 Å². The Labute approximate surface area is 190 Å². The average molecular weight is 435 g/mol. The Morgan fingerprint density at radius 1 is 1.09 bits per heavy atom. The van der Waals surface area contributed by atoms with Gasteiger partial charge in [0.05, 0.1) is 11.9 Å². The molecule has 4 aliphatic carbocycles. The second-order valence-electron chi connectivity index (χ2n) is 10.4. The van der Waals surface area contributed by atoms with Crippen molar-refractivity contribution in [2.45, 2.75) is 57.9 Å². The second-order valence-corrected chi connectivity index (χ2v) is 10.4. The van der Waals surface area contributed by atoms with Gasteiger partial charge in [-0.15, -0.1) is 0 Å². The SMILES string of the molecule is CN(Cc1cnn(-c2ccccc2)c1)C(=O)CCCNC(=O)C12CC3CC(CC(C3)C1)C2. The van der Waals surface area contributed by atoms with Crippen molar-refractivity contribution >= 4 is 11.8 Å². The Kier molecular flexibility index (Phi) is 5.78. The van der Waals surface area contributed by atoms with Crippen molar-refractivity contribution in [1.29, 1.82) is 0 Å². The Hall–Kier alpha value is -2.63. The molecule has 4 fully saturated rings. The van der Waals surface area contributed by atoms with Crippen LogP contribution in [0.1, 0.15) is 56.9 Å². The predicted octanol–water partition coefficient (Wildman–Crippen LogP) is 3.94. The lowest BCUT2D eigenvalue weighted by molar-refractivity contribution is -0.146. The smallest absolute Gasteiger partial charge is 0.226 e. The number of para-hydroxylation sites is 1. The van der Waals surface area contributed by atoms with Gasteiger partial charge in [0.1, 0.15) is 0 Å². The number of carbonyl (C=O) groups is 2. The fraction of sp³-hybridized carbons (Fsp3) is 0.577. The van der Waals surface area contributed by atoms with E-state index in [2.05, 4.69) is 10.4 Å². The van der Waals surface area contributed by atoms with Crippen LogP contribution in [0.4, 0.5) is 0 Å². The number of amides is 2. The molecule has 1 aromatic heterocycles. The van der Waals surface area contributed by atoms with Crippen LogP contribution in [0.25, 0.3) is 5.69 Å². The van der Waals surface area contributed by atoms with Crippen molar-refractivity contribution in [2.75, 3.05) is 13.6 Å². The molecule has 170 valence electrons. The zero-order valence-electron chi connectivity index (χ0n) is 19.0. The summed E-state index contributed by atoms with van der Waals surface area (Å²) in [4.78, 5) is 27.3. The van der Waals surface area contributed by atoms with Crippen LogP contribution in [0.5, 0.6) is 0 Å². The lowest BCUT2D eigenvalue weighted by Crippen LogP contribution is -2.53. The molecule has 0 atom stereocenters. The Morgan fingerprint density at radius 3 is 2.41 bits per heavy atom. The van der Waals surface area contributed by atoms with Gasteiger partial charge in [0.2, 0.25) is 11.8 Å². The molecule has 0 radical (unpaired) electrons. The molecule has 0 aliphatic heterocycles. The van der Waals surface area contributed by atoms with Gasteiger partial charge in [-0.2, -0.15) is 5.10 Å². The lowest BCUT2D eigenvalue weighted by atomic mass is 9.49. The first-order valence-electron chi connectivity index (χ1n) is 12.1. The van der Waals surface area contributed by atoms with E-state index in [1.807, 2.05) is 54.5 Å². The van der Waals surface area contributed by atoms with Crippen LogP contribution in [-0.2, 0) is 16.1 Å². The molecule has 2 aromatic rings. The summed E-state index contributed by atoms with van der Waals surface area (Å²) in [6.07, 6.45) is 12.2. The molecule has 0 saturated heterocycles. The third-order valence-electron chi connectivity index (χ3n) is 7.88. The summed E-state index contributed by atoms with van der Waals surface area (Å²) in [5, 5.41) is 7.58. The molecule has 6 rings (SSSR count). The van der Waals surface area contributed by atoms with E-state index in [1.165, 1.54) is 19.3 Å². The molecule has 2 amide bonds. The van der Waals surface area contributed by atoms with Gasteiger partial charge >= 0.3 is 0 Å². The number of nitrogens with zero attached hydrogens (tertiary/aromatic N) is 3. The molecule has 1 N–H and O–H groups in total. The summed E-state index contributed by atoms with van der Waals surface area (Å²) >= 11 is 0. The van der Waals surface area contributed by atoms with Gasteiger partial charge in [-0.1, -0.05) is 18.2 Å². The maximum absolute atomic E-state index is 13.0. The van der Waals surface area contributed by atoms with E-state index in [1.54, 1.807) is 4.90 Å². The zero-order valence-corrected chi connectivity index (χ0v) is 19.0. The van der Waals surface area contributed by atoms with E-state index in [0.717, 1.165) is 48.3 Å². The van der Waals surface area contributed by atoms with Crippen LogP contribution < -0.4 is 5.32 Å². The fourth-order valence-electron chi connectivity index (χ4n) is 6.73. The molecule has 4 aliphatic rings. The Balaban J connectivity index is 1.06. The monoisotopic (exact) mass is 434 g/mol. The van der Waals surface area contributed by atoms with Crippen LogP contribution >= 0.6 is 0 Å². The third kappa shape index (κ3) is 4.32. The molecule has 0 spiro atoms. The standard InChI is InChI=1S/C26H34N4O2/c1-29(17-22-16-28-30(18-22)23-6-3-2-4-7-23)24(31)8-5-9-27-25(32)26-13-19-10-20(14-26)12-21(11-19)15-26/h2-4,6-7,16,18-21H,5,8-15,17H2,1H3,(H,27,32). The number of nitrogens with one attached hydrogen (secondary N) is 1. The molecule has 32 heavy (non-hydrogen) atoms. The van der Waals surface area contributed by atoms with Gasteiger partial charge < -0.3 is 10.2 Å². The number of hydrogen-bond acceptors (Lipinski definition) is 3. The summed E-state index contributed by atoms with van der Waals surface area (Å²) in [5.74, 6) is 2.67. The van der Waals surface area contributed by atoms with Gasteiger partial charge in [-0.05, 0) is 74.8 Å². The molecule has 0 unspecified atom stereocenters. The highest BCUT2D eigenvalue weighted by Gasteiger charge is 2.54. The second kappa shape index (κ2) is 8.72. The first-order chi connectivity index (χ1) is 15.5. The van der Waals surface area contributed by atoms with E-state index in [-0.39, 0.29) is 17.2 Å². The number of carbonyl (C=O) groups excluding carboxylic acids is 2. The Bertz CT molecular complexity index is 932. The number of hydrogen-bond donors (Lipinski definition) is 1. The van der Waals surface area contributed by atoms with E-state index >= 15 is 0 Å². The summed E-state index contributed by atoms with van der Waals surface area (Å²) < 4.78 is 1.83. The number of rotatable bonds is 8. The average Bonchev–Trinajstić information content (AvgIpc) is 3.24. The van der Waals surface area contributed by atoms with Crippen LogP contribution in [0.15, 0.2) is 42.7 Å². The number of benzene rings is 1. The van der Waals surface area contributed by atoms with E-state index < -0.39 is 0 Å². The van der Waals surface area contributed by atoms with Crippen molar-refractivity contribution in [1.82, 2.24) is 20.0 Å². The van der Waals surface area contributed by atoms with Crippen LogP contribution in [0.2, 0.25) is 0 Å². The molecule has 1 aromatic carbocycles. The van der Waals surface area contributed by atoms with Crippen molar-refractivity contribution in [3.63, 3.8) is 0 Å². The lowest BCUT2D eigenvalue weighted by Gasteiger charge is -2.55. The summed E-state index contributed by atoms with van der Waals surface area (Å²) in [5.41, 5.74) is 1.90. The van der Waals surface area contributed by atoms with E-state index in [4.69, 9.17) is 0 Å². The largest absolute Gasteiger partial charge is 0.356 e. The van der Waals surface area contributed by atoms with Crippen molar-refractivity contribution in [3.8, 4) is 5.69 Å².